The van der Waals surface area contributed by atoms with E-state index in [1.54, 1.807) is 0 Å². The van der Waals surface area contributed by atoms with E-state index in [2.05, 4.69) is 26.5 Å². The van der Waals surface area contributed by atoms with E-state index in [1.165, 1.54) is 0 Å². The molecule has 0 aromatic rings. The van der Waals surface area contributed by atoms with Crippen LogP contribution in [0.3, 0.4) is 0 Å². The van der Waals surface area contributed by atoms with Gasteiger partial charge in [-0.1, -0.05) is 13.8 Å². The van der Waals surface area contributed by atoms with Gasteiger partial charge in [-0.2, -0.15) is 13.2 Å². The van der Waals surface area contributed by atoms with Crippen molar-refractivity contribution in [3.05, 3.63) is 0 Å². The van der Waals surface area contributed by atoms with Crippen molar-refractivity contribution in [2.24, 2.45) is 28.7 Å². The van der Waals surface area contributed by atoms with Crippen LogP contribution >= 0.6 is 0 Å². The number of hydrogen-bond acceptors (Lipinski definition) is 4. The van der Waals surface area contributed by atoms with Gasteiger partial charge in [-0.15, -0.1) is 0 Å². The molecular formula is C23H39F4N5O. The Hall–Kier alpha value is -1.42. The summed E-state index contributed by atoms with van der Waals surface area (Å²) in [5.41, 5.74) is 6.40. The number of nitrogens with zero attached hydrogens (tertiary/aromatic N) is 1. The maximum Gasteiger partial charge on any atom is 0.391 e. The molecule has 0 radical (unpaired) electrons. The number of nitrogens with one attached hydrogen (secondary N) is 4. The highest BCUT2D eigenvalue weighted by Gasteiger charge is 2.42. The van der Waals surface area contributed by atoms with Gasteiger partial charge < -0.3 is 5.32 Å². The number of halogens is 4. The summed E-state index contributed by atoms with van der Waals surface area (Å²) in [5.74, 6) is -1.35. The Bertz CT molecular complexity index is 680. The minimum atomic E-state index is -4.19. The van der Waals surface area contributed by atoms with Gasteiger partial charge in [0.15, 0.2) is 5.96 Å². The van der Waals surface area contributed by atoms with Crippen molar-refractivity contribution < 1.29 is 22.4 Å². The fourth-order valence-corrected chi connectivity index (χ4v) is 5.12. The van der Waals surface area contributed by atoms with Crippen LogP contribution in [0.25, 0.3) is 0 Å². The summed E-state index contributed by atoms with van der Waals surface area (Å²) in [4.78, 5) is 17.5. The molecule has 6 unspecified atom stereocenters. The van der Waals surface area contributed by atoms with Gasteiger partial charge in [-0.25, -0.2) is 14.8 Å². The average Bonchev–Trinajstić information content (AvgIpc) is 3.23. The van der Waals surface area contributed by atoms with E-state index < -0.39 is 24.2 Å². The number of carbonyl (C=O) groups excluding carboxylic acids is 1. The summed E-state index contributed by atoms with van der Waals surface area (Å²) in [6, 6.07) is 0.185. The first-order chi connectivity index (χ1) is 15.6. The molecule has 3 aliphatic rings. The summed E-state index contributed by atoms with van der Waals surface area (Å²) < 4.78 is 53.0. The number of rotatable bonds is 5. The maximum atomic E-state index is 14.2. The van der Waals surface area contributed by atoms with E-state index in [9.17, 15) is 22.4 Å². The van der Waals surface area contributed by atoms with E-state index in [4.69, 9.17) is 0 Å². The normalized spacial score (nSPS) is 36.9. The third-order valence-electron chi connectivity index (χ3n) is 7.70. The van der Waals surface area contributed by atoms with Crippen LogP contribution < -0.4 is 21.5 Å². The van der Waals surface area contributed by atoms with E-state index in [-0.39, 0.29) is 61.7 Å². The molecule has 6 atom stereocenters. The Labute approximate surface area is 194 Å². The number of hydrogen-bond donors (Lipinski definition) is 4. The Kier molecular flexibility index (Phi) is 9.00. The van der Waals surface area contributed by atoms with Crippen LogP contribution in [0.2, 0.25) is 0 Å². The molecule has 0 bridgehead atoms. The second kappa shape index (κ2) is 11.3. The van der Waals surface area contributed by atoms with Gasteiger partial charge in [0.1, 0.15) is 12.3 Å². The van der Waals surface area contributed by atoms with Gasteiger partial charge in [0, 0.05) is 24.4 Å². The minimum Gasteiger partial charge on any atom is -0.354 e. The molecule has 2 saturated carbocycles. The van der Waals surface area contributed by atoms with Gasteiger partial charge in [0.05, 0.1) is 5.92 Å². The highest BCUT2D eigenvalue weighted by molar-refractivity contribution is 5.98. The molecule has 190 valence electrons. The zero-order valence-electron chi connectivity index (χ0n) is 19.9. The first-order valence-electron chi connectivity index (χ1n) is 12.4. The largest absolute Gasteiger partial charge is 0.391 e. The first-order valence-corrected chi connectivity index (χ1v) is 12.4. The van der Waals surface area contributed by atoms with E-state index in [0.717, 1.165) is 19.3 Å². The number of amides is 1. The Morgan fingerprint density at radius 1 is 1.09 bits per heavy atom. The molecule has 1 heterocycles. The fraction of sp³-hybridized carbons (Fsp3) is 0.913. The first kappa shape index (κ1) is 26.2. The highest BCUT2D eigenvalue weighted by atomic mass is 19.4. The molecule has 4 N–H and O–H groups in total. The lowest BCUT2D eigenvalue weighted by Crippen LogP contribution is -2.48. The molecule has 3 fully saturated rings. The summed E-state index contributed by atoms with van der Waals surface area (Å²) in [6.45, 7) is 5.95. The Morgan fingerprint density at radius 3 is 2.39 bits per heavy atom. The molecule has 33 heavy (non-hydrogen) atoms. The van der Waals surface area contributed by atoms with Crippen LogP contribution in [0.4, 0.5) is 17.6 Å². The van der Waals surface area contributed by atoms with Crippen LogP contribution in [0, 0.1) is 23.7 Å². The maximum absolute atomic E-state index is 14.2. The molecule has 1 saturated heterocycles. The third kappa shape index (κ3) is 7.28. The van der Waals surface area contributed by atoms with Crippen molar-refractivity contribution in [3.8, 4) is 0 Å². The third-order valence-corrected chi connectivity index (χ3v) is 7.70. The molecule has 1 aliphatic heterocycles. The van der Waals surface area contributed by atoms with Gasteiger partial charge >= 0.3 is 6.18 Å². The van der Waals surface area contributed by atoms with Crippen molar-refractivity contribution in [3.63, 3.8) is 0 Å². The number of alkyl halides is 4. The lowest BCUT2D eigenvalue weighted by atomic mass is 9.77. The van der Waals surface area contributed by atoms with Crippen molar-refractivity contribution >= 4 is 11.9 Å². The van der Waals surface area contributed by atoms with Gasteiger partial charge in [0.25, 0.3) is 0 Å². The number of carbonyl (C=O) groups is 1. The zero-order chi connectivity index (χ0) is 24.2. The van der Waals surface area contributed by atoms with Crippen molar-refractivity contribution in [1.29, 1.82) is 0 Å². The van der Waals surface area contributed by atoms with E-state index >= 15 is 0 Å². The molecule has 0 spiro atoms. The summed E-state index contributed by atoms with van der Waals surface area (Å²) >= 11 is 0. The summed E-state index contributed by atoms with van der Waals surface area (Å²) in [6.07, 6.45) is -0.913. The van der Waals surface area contributed by atoms with Crippen molar-refractivity contribution in [1.82, 2.24) is 21.5 Å². The number of hydrazine groups is 1. The molecule has 0 aromatic heterocycles. The smallest absolute Gasteiger partial charge is 0.354 e. The summed E-state index contributed by atoms with van der Waals surface area (Å²) in [5, 5.41) is 6.04. The monoisotopic (exact) mass is 477 g/mol. The average molecular weight is 478 g/mol. The molecule has 2 aliphatic carbocycles. The summed E-state index contributed by atoms with van der Waals surface area (Å²) in [7, 11) is 0. The Morgan fingerprint density at radius 2 is 1.79 bits per heavy atom. The van der Waals surface area contributed by atoms with Crippen LogP contribution in [0.5, 0.6) is 0 Å². The van der Waals surface area contributed by atoms with E-state index in [0.29, 0.717) is 18.8 Å². The Balaban J connectivity index is 1.57. The molecule has 1 amide bonds. The van der Waals surface area contributed by atoms with E-state index in [1.807, 2.05) is 20.8 Å². The second-order valence-electron chi connectivity index (χ2n) is 10.2. The topological polar surface area (TPSA) is 77.6 Å². The lowest BCUT2D eigenvalue weighted by Gasteiger charge is -2.32. The fourth-order valence-electron chi connectivity index (χ4n) is 5.12. The van der Waals surface area contributed by atoms with Gasteiger partial charge in [-0.05, 0) is 70.1 Å². The second-order valence-corrected chi connectivity index (χ2v) is 10.2. The molecular weight excluding hydrogens is 438 g/mol. The van der Waals surface area contributed by atoms with Crippen LogP contribution in [0.1, 0.15) is 78.6 Å². The zero-order valence-corrected chi connectivity index (χ0v) is 19.9. The standard InChI is InChI=1S/C23H39F4N5O/c1-4-14(3)28-22(30-21(33)15-7-9-17(10-8-15)23(25,26)27)29-20-12-19(31-32-20)16-6-5-13(2)18(24)11-16/h13-20,31-32H,4-12H2,1-3H3,(H2,28,29,30,33). The van der Waals surface area contributed by atoms with Gasteiger partial charge in [-0.3, -0.25) is 15.5 Å². The lowest BCUT2D eigenvalue weighted by molar-refractivity contribution is -0.184. The predicted molar refractivity (Wildman–Crippen MR) is 120 cm³/mol. The molecule has 0 aromatic carbocycles. The quantitative estimate of drug-likeness (QED) is 0.272. The predicted octanol–water partition coefficient (Wildman–Crippen LogP) is 4.18. The van der Waals surface area contributed by atoms with Gasteiger partial charge in [0.2, 0.25) is 5.91 Å². The van der Waals surface area contributed by atoms with Crippen molar-refractivity contribution in [2.75, 3.05) is 0 Å². The minimum absolute atomic E-state index is 0.0157. The number of aliphatic imine (C=N–C) groups is 1. The van der Waals surface area contributed by atoms with Crippen LogP contribution in [0.15, 0.2) is 4.99 Å². The molecule has 3 rings (SSSR count). The SMILES string of the molecule is CCC(C)N/C(=N\C1CC(C2CCC(C)C(F)C2)NN1)NC(=O)C1CCC(C(F)(F)F)CC1. The van der Waals surface area contributed by atoms with Crippen LogP contribution in [-0.2, 0) is 4.79 Å². The van der Waals surface area contributed by atoms with Crippen molar-refractivity contribution in [2.45, 2.75) is 109 Å². The van der Waals surface area contributed by atoms with Crippen LogP contribution in [-0.4, -0.2) is 42.5 Å². The highest BCUT2D eigenvalue weighted by Crippen LogP contribution is 2.39. The molecule has 6 nitrogen and oxygen atoms in total. The number of guanidine groups is 1. The molecule has 10 heteroatoms.